The Kier molecular flexibility index (Phi) is 8.07. The first-order valence-electron chi connectivity index (χ1n) is 6.44. The quantitative estimate of drug-likeness (QED) is 0.595. The van der Waals surface area contributed by atoms with Crippen LogP contribution in [-0.4, -0.2) is 24.8 Å². The Bertz CT molecular complexity index is 145. The molecule has 0 aromatic carbocycles. The van der Waals surface area contributed by atoms with Gasteiger partial charge in [-0.25, -0.2) is 0 Å². The normalized spacial score (nSPS) is 14.2. The van der Waals surface area contributed by atoms with E-state index < -0.39 is 0 Å². The van der Waals surface area contributed by atoms with Crippen molar-refractivity contribution in [1.82, 2.24) is 5.32 Å². The largest absolute Gasteiger partial charge is 0.371 e. The van der Waals surface area contributed by atoms with E-state index in [1.165, 1.54) is 12.8 Å². The van der Waals surface area contributed by atoms with E-state index in [1.807, 2.05) is 0 Å². The highest BCUT2D eigenvalue weighted by Crippen LogP contribution is 2.18. The van der Waals surface area contributed by atoms with Gasteiger partial charge in [0, 0.05) is 6.54 Å². The molecule has 92 valence electrons. The zero-order valence-electron chi connectivity index (χ0n) is 11.2. The van der Waals surface area contributed by atoms with Gasteiger partial charge in [0.05, 0.1) is 11.7 Å². The van der Waals surface area contributed by atoms with E-state index in [0.717, 1.165) is 25.9 Å². The summed E-state index contributed by atoms with van der Waals surface area (Å²) in [5.74, 6) is 0. The maximum Gasteiger partial charge on any atom is 0.0706 e. The fraction of sp³-hybridized carbons (Fsp3) is 1.00. The summed E-state index contributed by atoms with van der Waals surface area (Å²) < 4.78 is 6.11. The summed E-state index contributed by atoms with van der Waals surface area (Å²) in [6.07, 6.45) is 4.98. The third-order valence-electron chi connectivity index (χ3n) is 2.75. The maximum atomic E-state index is 6.11. The van der Waals surface area contributed by atoms with Crippen molar-refractivity contribution in [2.75, 3.05) is 13.1 Å². The molecule has 0 rings (SSSR count). The van der Waals surface area contributed by atoms with Crippen LogP contribution in [0.3, 0.4) is 0 Å². The van der Waals surface area contributed by atoms with Gasteiger partial charge in [0.2, 0.25) is 0 Å². The van der Waals surface area contributed by atoms with Crippen LogP contribution in [-0.2, 0) is 4.74 Å². The highest BCUT2D eigenvalue weighted by atomic mass is 16.5. The van der Waals surface area contributed by atoms with Crippen LogP contribution in [0.2, 0.25) is 0 Å². The SMILES string of the molecule is CCCNCC(CCC)OC(C)(C)CC. The van der Waals surface area contributed by atoms with Gasteiger partial charge in [-0.15, -0.1) is 0 Å². The van der Waals surface area contributed by atoms with Gasteiger partial charge in [0.1, 0.15) is 0 Å². The molecule has 0 saturated carbocycles. The van der Waals surface area contributed by atoms with Gasteiger partial charge in [-0.3, -0.25) is 0 Å². The van der Waals surface area contributed by atoms with Crippen molar-refractivity contribution in [2.45, 2.75) is 72.0 Å². The Morgan fingerprint density at radius 3 is 2.27 bits per heavy atom. The van der Waals surface area contributed by atoms with Crippen LogP contribution in [0.25, 0.3) is 0 Å². The number of hydrogen-bond acceptors (Lipinski definition) is 2. The molecule has 0 spiro atoms. The molecule has 0 aromatic heterocycles. The van der Waals surface area contributed by atoms with E-state index in [2.05, 4.69) is 39.9 Å². The molecule has 2 nitrogen and oxygen atoms in total. The second kappa shape index (κ2) is 8.12. The van der Waals surface area contributed by atoms with Gasteiger partial charge in [0.15, 0.2) is 0 Å². The summed E-state index contributed by atoms with van der Waals surface area (Å²) in [5.41, 5.74) is 0.0216. The van der Waals surface area contributed by atoms with Crippen molar-refractivity contribution < 1.29 is 4.74 Å². The summed E-state index contributed by atoms with van der Waals surface area (Å²) >= 11 is 0. The van der Waals surface area contributed by atoms with Crippen molar-refractivity contribution >= 4 is 0 Å². The van der Waals surface area contributed by atoms with Crippen LogP contribution in [0, 0.1) is 0 Å². The number of hydrogen-bond donors (Lipinski definition) is 1. The van der Waals surface area contributed by atoms with Crippen molar-refractivity contribution in [3.05, 3.63) is 0 Å². The minimum absolute atomic E-state index is 0.0216. The molecule has 15 heavy (non-hydrogen) atoms. The van der Waals surface area contributed by atoms with Crippen LogP contribution in [0.1, 0.15) is 60.3 Å². The molecule has 0 aliphatic carbocycles. The van der Waals surface area contributed by atoms with Gasteiger partial charge in [-0.05, 0) is 39.7 Å². The standard InChI is InChI=1S/C13H29NO/c1-6-9-12(11-14-10-7-2)15-13(4,5)8-3/h12,14H,6-11H2,1-5H3. The highest BCUT2D eigenvalue weighted by molar-refractivity contribution is 4.71. The summed E-state index contributed by atoms with van der Waals surface area (Å²) in [6.45, 7) is 13.0. The van der Waals surface area contributed by atoms with Crippen LogP contribution in [0.15, 0.2) is 0 Å². The van der Waals surface area contributed by atoms with Gasteiger partial charge >= 0.3 is 0 Å². The predicted octanol–water partition coefficient (Wildman–Crippen LogP) is 3.36. The van der Waals surface area contributed by atoms with Crippen molar-refractivity contribution in [1.29, 1.82) is 0 Å². The van der Waals surface area contributed by atoms with Gasteiger partial charge < -0.3 is 10.1 Å². The lowest BCUT2D eigenvalue weighted by Gasteiger charge is -2.30. The lowest BCUT2D eigenvalue weighted by molar-refractivity contribution is -0.0751. The molecule has 0 amide bonds. The minimum atomic E-state index is 0.0216. The smallest absolute Gasteiger partial charge is 0.0706 e. The van der Waals surface area contributed by atoms with E-state index in [1.54, 1.807) is 0 Å². The average molecular weight is 215 g/mol. The number of ether oxygens (including phenoxy) is 1. The van der Waals surface area contributed by atoms with Crippen LogP contribution in [0.5, 0.6) is 0 Å². The molecule has 1 atom stereocenters. The van der Waals surface area contributed by atoms with Crippen LogP contribution in [0.4, 0.5) is 0 Å². The second-order valence-corrected chi connectivity index (χ2v) is 4.85. The van der Waals surface area contributed by atoms with E-state index in [9.17, 15) is 0 Å². The molecule has 1 unspecified atom stereocenters. The molecule has 0 saturated heterocycles. The first-order chi connectivity index (χ1) is 7.05. The Hall–Kier alpha value is -0.0800. The van der Waals surface area contributed by atoms with Gasteiger partial charge in [0.25, 0.3) is 0 Å². The Balaban J connectivity index is 3.91. The molecule has 0 fully saturated rings. The zero-order valence-corrected chi connectivity index (χ0v) is 11.2. The van der Waals surface area contributed by atoms with Crippen molar-refractivity contribution in [2.24, 2.45) is 0 Å². The van der Waals surface area contributed by atoms with Gasteiger partial charge in [-0.1, -0.05) is 27.2 Å². The monoisotopic (exact) mass is 215 g/mol. The zero-order chi connectivity index (χ0) is 11.7. The van der Waals surface area contributed by atoms with E-state index in [0.29, 0.717) is 6.10 Å². The number of nitrogens with one attached hydrogen (secondary N) is 1. The average Bonchev–Trinajstić information content (AvgIpc) is 2.18. The highest BCUT2D eigenvalue weighted by Gasteiger charge is 2.20. The summed E-state index contributed by atoms with van der Waals surface area (Å²) in [5, 5.41) is 3.44. The Morgan fingerprint density at radius 1 is 1.13 bits per heavy atom. The molecular formula is C13H29NO. The third-order valence-corrected chi connectivity index (χ3v) is 2.75. The first kappa shape index (κ1) is 14.9. The lowest BCUT2D eigenvalue weighted by Crippen LogP contribution is -2.36. The molecule has 0 aliphatic rings. The fourth-order valence-electron chi connectivity index (χ4n) is 1.50. The molecular weight excluding hydrogens is 186 g/mol. The van der Waals surface area contributed by atoms with E-state index in [4.69, 9.17) is 4.74 Å². The Morgan fingerprint density at radius 2 is 1.80 bits per heavy atom. The topological polar surface area (TPSA) is 21.3 Å². The summed E-state index contributed by atoms with van der Waals surface area (Å²) in [4.78, 5) is 0. The predicted molar refractivity (Wildman–Crippen MR) is 67.3 cm³/mol. The molecule has 0 aromatic rings. The first-order valence-corrected chi connectivity index (χ1v) is 6.44. The van der Waals surface area contributed by atoms with E-state index in [-0.39, 0.29) is 5.60 Å². The van der Waals surface area contributed by atoms with Crippen molar-refractivity contribution in [3.8, 4) is 0 Å². The van der Waals surface area contributed by atoms with Gasteiger partial charge in [-0.2, -0.15) is 0 Å². The van der Waals surface area contributed by atoms with Crippen LogP contribution >= 0.6 is 0 Å². The van der Waals surface area contributed by atoms with E-state index >= 15 is 0 Å². The number of rotatable bonds is 9. The minimum Gasteiger partial charge on any atom is -0.371 e. The molecule has 1 N–H and O–H groups in total. The molecule has 2 heteroatoms. The molecule has 0 aliphatic heterocycles. The maximum absolute atomic E-state index is 6.11. The summed E-state index contributed by atoms with van der Waals surface area (Å²) in [7, 11) is 0. The molecule has 0 heterocycles. The third kappa shape index (κ3) is 7.80. The second-order valence-electron chi connectivity index (χ2n) is 4.85. The van der Waals surface area contributed by atoms with Crippen molar-refractivity contribution in [3.63, 3.8) is 0 Å². The summed E-state index contributed by atoms with van der Waals surface area (Å²) in [6, 6.07) is 0. The molecule has 0 bridgehead atoms. The lowest BCUT2D eigenvalue weighted by atomic mass is 10.1. The fourth-order valence-corrected chi connectivity index (χ4v) is 1.50. The Labute approximate surface area is 95.8 Å². The van der Waals surface area contributed by atoms with Crippen LogP contribution < -0.4 is 5.32 Å². The molecule has 0 radical (unpaired) electrons.